The minimum atomic E-state index is -0.618. The van der Waals surface area contributed by atoms with E-state index in [1.165, 1.54) is 4.68 Å². The second-order valence-electron chi connectivity index (χ2n) is 4.27. The van der Waals surface area contributed by atoms with Crippen LogP contribution in [-0.2, 0) is 7.05 Å². The number of amides is 1. The molecule has 0 spiro atoms. The van der Waals surface area contributed by atoms with Gasteiger partial charge in [-0.25, -0.2) is 4.68 Å². The molecule has 2 aromatic rings. The molecule has 0 aliphatic heterocycles. The van der Waals surface area contributed by atoms with E-state index in [1.807, 2.05) is 30.3 Å². The van der Waals surface area contributed by atoms with Gasteiger partial charge in [-0.3, -0.25) is 9.18 Å². The quantitative estimate of drug-likeness (QED) is 0.820. The average molecular weight is 277 g/mol. The van der Waals surface area contributed by atoms with Gasteiger partial charge in [0, 0.05) is 19.0 Å². The van der Waals surface area contributed by atoms with Crippen molar-refractivity contribution in [3.05, 3.63) is 35.9 Å². The maximum atomic E-state index is 12.1. The number of alkyl halides is 1. The summed E-state index contributed by atoms with van der Waals surface area (Å²) in [5.41, 5.74) is 6.89. The number of hydrogen-bond donors (Lipinski definition) is 1. The highest BCUT2D eigenvalue weighted by Gasteiger charge is 2.23. The number of nitrogens with two attached hydrogens (primary N) is 1. The van der Waals surface area contributed by atoms with Crippen molar-refractivity contribution >= 4 is 5.91 Å². The zero-order chi connectivity index (χ0) is 14.5. The molecule has 5 nitrogen and oxygen atoms in total. The standard InChI is InChI=1S/C14H16FN3O2/c1-18-14(20-9-5-8-15)11(13(16)19)12(17-18)10-6-3-2-4-7-10/h2-4,6-7H,5,8-9H2,1H3,(H2,16,19). The van der Waals surface area contributed by atoms with Gasteiger partial charge >= 0.3 is 0 Å². The van der Waals surface area contributed by atoms with E-state index in [0.717, 1.165) is 5.56 Å². The maximum Gasteiger partial charge on any atom is 0.256 e. The fraction of sp³-hybridized carbons (Fsp3) is 0.286. The van der Waals surface area contributed by atoms with E-state index >= 15 is 0 Å². The molecule has 1 aromatic carbocycles. The number of primary amides is 1. The van der Waals surface area contributed by atoms with Gasteiger partial charge in [0.2, 0.25) is 5.88 Å². The van der Waals surface area contributed by atoms with Gasteiger partial charge in [0.05, 0.1) is 13.3 Å². The van der Waals surface area contributed by atoms with Crippen molar-refractivity contribution in [3.8, 4) is 17.1 Å². The lowest BCUT2D eigenvalue weighted by molar-refractivity contribution is 0.0996. The third kappa shape index (κ3) is 2.79. The van der Waals surface area contributed by atoms with Crippen molar-refractivity contribution in [2.45, 2.75) is 6.42 Å². The Morgan fingerprint density at radius 2 is 2.10 bits per heavy atom. The van der Waals surface area contributed by atoms with Gasteiger partial charge in [0.25, 0.3) is 5.91 Å². The lowest BCUT2D eigenvalue weighted by atomic mass is 10.1. The van der Waals surface area contributed by atoms with Crippen LogP contribution >= 0.6 is 0 Å². The number of aryl methyl sites for hydroxylation is 1. The summed E-state index contributed by atoms with van der Waals surface area (Å²) < 4.78 is 19.0. The lowest BCUT2D eigenvalue weighted by Crippen LogP contribution is -2.14. The molecule has 106 valence electrons. The van der Waals surface area contributed by atoms with Gasteiger partial charge in [-0.1, -0.05) is 30.3 Å². The molecule has 0 unspecified atom stereocenters. The van der Waals surface area contributed by atoms with Crippen LogP contribution in [-0.4, -0.2) is 29.0 Å². The summed E-state index contributed by atoms with van der Waals surface area (Å²) in [6.07, 6.45) is 0.254. The van der Waals surface area contributed by atoms with Crippen LogP contribution in [0.25, 0.3) is 11.3 Å². The van der Waals surface area contributed by atoms with Crippen LogP contribution in [0, 0.1) is 0 Å². The maximum absolute atomic E-state index is 12.1. The first-order chi connectivity index (χ1) is 9.65. The van der Waals surface area contributed by atoms with Crippen molar-refractivity contribution in [1.82, 2.24) is 9.78 Å². The van der Waals surface area contributed by atoms with E-state index in [1.54, 1.807) is 7.05 Å². The zero-order valence-corrected chi connectivity index (χ0v) is 11.2. The fourth-order valence-electron chi connectivity index (χ4n) is 1.92. The number of carbonyl (C=O) groups excluding carboxylic acids is 1. The summed E-state index contributed by atoms with van der Waals surface area (Å²) in [6, 6.07) is 9.23. The molecule has 1 aromatic heterocycles. The normalized spacial score (nSPS) is 10.5. The number of aromatic nitrogens is 2. The highest BCUT2D eigenvalue weighted by Crippen LogP contribution is 2.29. The van der Waals surface area contributed by atoms with Crippen LogP contribution < -0.4 is 10.5 Å². The average Bonchev–Trinajstić information content (AvgIpc) is 2.78. The molecule has 0 bridgehead atoms. The van der Waals surface area contributed by atoms with E-state index < -0.39 is 12.6 Å². The molecule has 6 heteroatoms. The molecule has 0 radical (unpaired) electrons. The fourth-order valence-corrected chi connectivity index (χ4v) is 1.92. The minimum Gasteiger partial charge on any atom is -0.477 e. The first kappa shape index (κ1) is 14.0. The van der Waals surface area contributed by atoms with Gasteiger partial charge in [0.15, 0.2) is 0 Å². The van der Waals surface area contributed by atoms with E-state index in [0.29, 0.717) is 5.69 Å². The van der Waals surface area contributed by atoms with Gasteiger partial charge in [-0.2, -0.15) is 5.10 Å². The highest BCUT2D eigenvalue weighted by atomic mass is 19.1. The molecular formula is C14H16FN3O2. The molecule has 0 atom stereocenters. The molecule has 0 saturated carbocycles. The van der Waals surface area contributed by atoms with Crippen LogP contribution in [0.15, 0.2) is 30.3 Å². The molecule has 0 fully saturated rings. The monoisotopic (exact) mass is 277 g/mol. The number of ether oxygens (including phenoxy) is 1. The van der Waals surface area contributed by atoms with Crippen LogP contribution in [0.4, 0.5) is 4.39 Å². The van der Waals surface area contributed by atoms with Crippen molar-refractivity contribution in [3.63, 3.8) is 0 Å². The molecule has 1 heterocycles. The number of hydrogen-bond acceptors (Lipinski definition) is 3. The molecular weight excluding hydrogens is 261 g/mol. The third-order valence-electron chi connectivity index (χ3n) is 2.80. The number of rotatable bonds is 6. The molecule has 0 saturated heterocycles. The predicted octanol–water partition coefficient (Wildman–Crippen LogP) is 1.92. The summed E-state index contributed by atoms with van der Waals surface area (Å²) in [5.74, 6) is -0.350. The Labute approximate surface area is 116 Å². The van der Waals surface area contributed by atoms with E-state index in [4.69, 9.17) is 10.5 Å². The summed E-state index contributed by atoms with van der Waals surface area (Å²) in [4.78, 5) is 11.7. The lowest BCUT2D eigenvalue weighted by Gasteiger charge is -2.06. The van der Waals surface area contributed by atoms with Crippen LogP contribution in [0.3, 0.4) is 0 Å². The van der Waals surface area contributed by atoms with E-state index in [2.05, 4.69) is 5.10 Å². The second-order valence-corrected chi connectivity index (χ2v) is 4.27. The number of halogens is 1. The smallest absolute Gasteiger partial charge is 0.256 e. The summed E-state index contributed by atoms with van der Waals surface area (Å²) in [5, 5.41) is 4.28. The first-order valence-electron chi connectivity index (χ1n) is 6.26. The van der Waals surface area contributed by atoms with Crippen molar-refractivity contribution < 1.29 is 13.9 Å². The molecule has 2 N–H and O–H groups in total. The van der Waals surface area contributed by atoms with Gasteiger partial charge < -0.3 is 10.5 Å². The number of benzene rings is 1. The van der Waals surface area contributed by atoms with Crippen molar-refractivity contribution in [2.24, 2.45) is 12.8 Å². The Kier molecular flexibility index (Phi) is 4.34. The van der Waals surface area contributed by atoms with Crippen molar-refractivity contribution in [2.75, 3.05) is 13.3 Å². The van der Waals surface area contributed by atoms with Gasteiger partial charge in [-0.15, -0.1) is 0 Å². The second kappa shape index (κ2) is 6.18. The highest BCUT2D eigenvalue weighted by molar-refractivity contribution is 6.01. The number of nitrogens with zero attached hydrogens (tertiary/aromatic N) is 2. The summed E-state index contributed by atoms with van der Waals surface area (Å²) in [6.45, 7) is -0.306. The van der Waals surface area contributed by atoms with Gasteiger partial charge in [0.1, 0.15) is 11.3 Å². The Hall–Kier alpha value is -2.37. The van der Waals surface area contributed by atoms with Crippen LogP contribution in [0.2, 0.25) is 0 Å². The molecule has 0 aliphatic rings. The first-order valence-corrected chi connectivity index (χ1v) is 6.26. The van der Waals surface area contributed by atoms with E-state index in [-0.39, 0.29) is 24.5 Å². The van der Waals surface area contributed by atoms with Gasteiger partial charge in [-0.05, 0) is 0 Å². The third-order valence-corrected chi connectivity index (χ3v) is 2.80. The van der Waals surface area contributed by atoms with Crippen LogP contribution in [0.5, 0.6) is 5.88 Å². The van der Waals surface area contributed by atoms with Crippen molar-refractivity contribution in [1.29, 1.82) is 0 Å². The zero-order valence-electron chi connectivity index (χ0n) is 11.2. The predicted molar refractivity (Wildman–Crippen MR) is 73.2 cm³/mol. The van der Waals surface area contributed by atoms with E-state index in [9.17, 15) is 9.18 Å². The summed E-state index contributed by atoms with van der Waals surface area (Å²) >= 11 is 0. The SMILES string of the molecule is Cn1nc(-c2ccccc2)c(C(N)=O)c1OCCCF. The largest absolute Gasteiger partial charge is 0.477 e. The Bertz CT molecular complexity index is 596. The van der Waals surface area contributed by atoms with Crippen LogP contribution in [0.1, 0.15) is 16.8 Å². The topological polar surface area (TPSA) is 70.1 Å². The molecule has 2 rings (SSSR count). The molecule has 0 aliphatic carbocycles. The molecule has 1 amide bonds. The Balaban J connectivity index is 2.43. The minimum absolute atomic E-state index is 0.171. The Morgan fingerprint density at radius 3 is 2.70 bits per heavy atom. The number of carbonyl (C=O) groups is 1. The Morgan fingerprint density at radius 1 is 1.40 bits per heavy atom. The molecule has 20 heavy (non-hydrogen) atoms. The summed E-state index contributed by atoms with van der Waals surface area (Å²) in [7, 11) is 1.66.